The Hall–Kier alpha value is -2.24. The number of nitrogens with one attached hydrogen (secondary N) is 1. The van der Waals surface area contributed by atoms with E-state index >= 15 is 0 Å². The predicted molar refractivity (Wildman–Crippen MR) is 96.2 cm³/mol. The maximum absolute atomic E-state index is 12.5. The number of benzene rings is 2. The number of rotatable bonds is 6. The third kappa shape index (κ3) is 5.11. The van der Waals surface area contributed by atoms with Crippen LogP contribution in [-0.2, 0) is 16.0 Å². The van der Waals surface area contributed by atoms with Gasteiger partial charge in [0.2, 0.25) is 0 Å². The Morgan fingerprint density at radius 1 is 1.20 bits per heavy atom. The minimum atomic E-state index is -0.910. The van der Waals surface area contributed by atoms with E-state index in [2.05, 4.69) is 5.32 Å². The van der Waals surface area contributed by atoms with Gasteiger partial charge in [0, 0.05) is 11.4 Å². The molecule has 1 amide bonds. The molecule has 0 aliphatic heterocycles. The molecule has 0 aliphatic carbocycles. The second-order valence-electron chi connectivity index (χ2n) is 5.25. The predicted octanol–water partition coefficient (Wildman–Crippen LogP) is 3.60. The van der Waals surface area contributed by atoms with Crippen LogP contribution in [0.25, 0.3) is 0 Å². The molecule has 2 N–H and O–H groups in total. The highest BCUT2D eigenvalue weighted by Crippen LogP contribution is 2.31. The van der Waals surface area contributed by atoms with E-state index in [1.54, 1.807) is 6.92 Å². The van der Waals surface area contributed by atoms with Crippen LogP contribution in [0.15, 0.2) is 42.5 Å². The van der Waals surface area contributed by atoms with Gasteiger partial charge in [-0.15, -0.1) is 0 Å². The first-order valence-corrected chi connectivity index (χ1v) is 8.37. The molecule has 2 aromatic carbocycles. The summed E-state index contributed by atoms with van der Waals surface area (Å²) in [5.74, 6) is -1.63. The molecule has 2 aromatic rings. The fourth-order valence-electron chi connectivity index (χ4n) is 2.26. The van der Waals surface area contributed by atoms with Gasteiger partial charge >= 0.3 is 5.97 Å². The Morgan fingerprint density at radius 2 is 1.88 bits per heavy atom. The van der Waals surface area contributed by atoms with Gasteiger partial charge in [-0.05, 0) is 24.6 Å². The van der Waals surface area contributed by atoms with E-state index in [1.165, 1.54) is 12.1 Å². The summed E-state index contributed by atoms with van der Waals surface area (Å²) in [6.07, 6.45) is 0.250. The SMILES string of the molecule is CCOC(=O)C(Cc1ccccc1)NC(=O)c1cc(Cl)cc(Cl)c1O. The molecule has 0 spiro atoms. The highest BCUT2D eigenvalue weighted by Gasteiger charge is 2.25. The number of phenols is 1. The maximum Gasteiger partial charge on any atom is 0.328 e. The van der Waals surface area contributed by atoms with Crippen molar-refractivity contribution in [3.8, 4) is 5.75 Å². The fourth-order valence-corrected chi connectivity index (χ4v) is 2.75. The molecule has 0 saturated heterocycles. The molecular weight excluding hydrogens is 365 g/mol. The van der Waals surface area contributed by atoms with Crippen LogP contribution in [0.2, 0.25) is 10.0 Å². The highest BCUT2D eigenvalue weighted by molar-refractivity contribution is 6.36. The zero-order valence-electron chi connectivity index (χ0n) is 13.5. The topological polar surface area (TPSA) is 75.6 Å². The van der Waals surface area contributed by atoms with Crippen molar-refractivity contribution in [1.82, 2.24) is 5.32 Å². The first kappa shape index (κ1) is 19.1. The normalized spacial score (nSPS) is 11.6. The molecule has 0 radical (unpaired) electrons. The minimum absolute atomic E-state index is 0.0478. The summed E-state index contributed by atoms with van der Waals surface area (Å²) in [5.41, 5.74) is 0.745. The Kier molecular flexibility index (Phi) is 6.67. The van der Waals surface area contributed by atoms with Crippen LogP contribution < -0.4 is 5.32 Å². The van der Waals surface area contributed by atoms with Crippen LogP contribution >= 0.6 is 23.2 Å². The van der Waals surface area contributed by atoms with Crippen molar-refractivity contribution in [2.24, 2.45) is 0 Å². The third-order valence-electron chi connectivity index (χ3n) is 3.43. The summed E-state index contributed by atoms with van der Waals surface area (Å²) in [4.78, 5) is 24.7. The number of halogens is 2. The van der Waals surface area contributed by atoms with Gasteiger partial charge < -0.3 is 15.2 Å². The zero-order chi connectivity index (χ0) is 18.4. The average Bonchev–Trinajstić information content (AvgIpc) is 2.58. The lowest BCUT2D eigenvalue weighted by Crippen LogP contribution is -2.43. The van der Waals surface area contributed by atoms with E-state index in [-0.39, 0.29) is 28.6 Å². The van der Waals surface area contributed by atoms with Crippen molar-refractivity contribution >= 4 is 35.1 Å². The van der Waals surface area contributed by atoms with Gasteiger partial charge in [-0.25, -0.2) is 4.79 Å². The van der Waals surface area contributed by atoms with E-state index in [1.807, 2.05) is 30.3 Å². The van der Waals surface area contributed by atoms with Gasteiger partial charge in [0.15, 0.2) is 0 Å². The molecule has 0 aliphatic rings. The van der Waals surface area contributed by atoms with Crippen LogP contribution in [-0.4, -0.2) is 29.6 Å². The third-order valence-corrected chi connectivity index (χ3v) is 3.94. The smallest absolute Gasteiger partial charge is 0.328 e. The summed E-state index contributed by atoms with van der Waals surface area (Å²) in [6.45, 7) is 1.87. The molecule has 0 aromatic heterocycles. The average molecular weight is 382 g/mol. The molecule has 2 rings (SSSR count). The Morgan fingerprint density at radius 3 is 2.52 bits per heavy atom. The quantitative estimate of drug-likeness (QED) is 0.749. The van der Waals surface area contributed by atoms with Gasteiger partial charge in [0.1, 0.15) is 11.8 Å². The summed E-state index contributed by atoms with van der Waals surface area (Å²) >= 11 is 11.7. The van der Waals surface area contributed by atoms with Crippen LogP contribution in [0.1, 0.15) is 22.8 Å². The zero-order valence-corrected chi connectivity index (χ0v) is 15.0. The van der Waals surface area contributed by atoms with Gasteiger partial charge in [-0.1, -0.05) is 53.5 Å². The molecule has 25 heavy (non-hydrogen) atoms. The summed E-state index contributed by atoms with van der Waals surface area (Å²) in [6, 6.07) is 10.9. The van der Waals surface area contributed by atoms with Crippen LogP contribution in [0.5, 0.6) is 5.75 Å². The first-order chi connectivity index (χ1) is 11.9. The van der Waals surface area contributed by atoms with E-state index in [4.69, 9.17) is 27.9 Å². The number of carbonyl (C=O) groups is 2. The number of aromatic hydroxyl groups is 1. The number of ether oxygens (including phenoxy) is 1. The van der Waals surface area contributed by atoms with Gasteiger partial charge in [0.05, 0.1) is 17.2 Å². The van der Waals surface area contributed by atoms with Crippen LogP contribution in [0, 0.1) is 0 Å². The van der Waals surface area contributed by atoms with Gasteiger partial charge in [-0.2, -0.15) is 0 Å². The van der Waals surface area contributed by atoms with E-state index in [0.717, 1.165) is 5.56 Å². The second-order valence-corrected chi connectivity index (χ2v) is 6.10. The molecule has 0 saturated carbocycles. The van der Waals surface area contributed by atoms with Crippen LogP contribution in [0.4, 0.5) is 0 Å². The first-order valence-electron chi connectivity index (χ1n) is 7.61. The molecule has 7 heteroatoms. The van der Waals surface area contributed by atoms with E-state index in [9.17, 15) is 14.7 Å². The lowest BCUT2D eigenvalue weighted by Gasteiger charge is -2.18. The van der Waals surface area contributed by atoms with Crippen LogP contribution in [0.3, 0.4) is 0 Å². The van der Waals surface area contributed by atoms with Crippen molar-refractivity contribution in [3.05, 3.63) is 63.6 Å². The second kappa shape index (κ2) is 8.74. The molecule has 1 unspecified atom stereocenters. The van der Waals surface area contributed by atoms with Crippen molar-refractivity contribution in [1.29, 1.82) is 0 Å². The van der Waals surface area contributed by atoms with Crippen molar-refractivity contribution in [3.63, 3.8) is 0 Å². The van der Waals surface area contributed by atoms with E-state index in [0.29, 0.717) is 0 Å². The fraction of sp³-hybridized carbons (Fsp3) is 0.222. The lowest BCUT2D eigenvalue weighted by atomic mass is 10.1. The molecule has 132 valence electrons. The standard InChI is InChI=1S/C18H17Cl2NO4/c1-2-25-18(24)15(8-11-6-4-3-5-7-11)21-17(23)13-9-12(19)10-14(20)16(13)22/h3-7,9-10,15,22H,2,8H2,1H3,(H,21,23). The lowest BCUT2D eigenvalue weighted by molar-refractivity contribution is -0.145. The monoisotopic (exact) mass is 381 g/mol. The summed E-state index contributed by atoms with van der Waals surface area (Å²) in [5, 5.41) is 12.7. The number of hydrogen-bond donors (Lipinski definition) is 2. The number of esters is 1. The van der Waals surface area contributed by atoms with Crippen molar-refractivity contribution < 1.29 is 19.4 Å². The molecule has 0 bridgehead atoms. The molecule has 1 atom stereocenters. The number of carbonyl (C=O) groups excluding carboxylic acids is 2. The van der Waals surface area contributed by atoms with Crippen molar-refractivity contribution in [2.45, 2.75) is 19.4 Å². The molecule has 0 fully saturated rings. The van der Waals surface area contributed by atoms with E-state index < -0.39 is 23.7 Å². The largest absolute Gasteiger partial charge is 0.506 e. The van der Waals surface area contributed by atoms with Gasteiger partial charge in [-0.3, -0.25) is 4.79 Å². The molecular formula is C18H17Cl2NO4. The Labute approximate surface area is 155 Å². The Balaban J connectivity index is 2.24. The number of phenolic OH excluding ortho intramolecular Hbond substituents is 1. The number of hydrogen-bond acceptors (Lipinski definition) is 4. The van der Waals surface area contributed by atoms with Gasteiger partial charge in [0.25, 0.3) is 5.91 Å². The molecule has 0 heterocycles. The summed E-state index contributed by atoms with van der Waals surface area (Å²) in [7, 11) is 0. The van der Waals surface area contributed by atoms with Crippen molar-refractivity contribution in [2.75, 3.05) is 6.61 Å². The highest BCUT2D eigenvalue weighted by atomic mass is 35.5. The minimum Gasteiger partial charge on any atom is -0.506 e. The Bertz CT molecular complexity index is 765. The maximum atomic E-state index is 12.5. The molecule has 5 nitrogen and oxygen atoms in total. The summed E-state index contributed by atoms with van der Waals surface area (Å²) < 4.78 is 5.02. The number of amides is 1.